The van der Waals surface area contributed by atoms with Crippen LogP contribution >= 0.6 is 0 Å². The fourth-order valence-corrected chi connectivity index (χ4v) is 2.72. The van der Waals surface area contributed by atoms with Gasteiger partial charge in [0.1, 0.15) is 0 Å². The molecule has 0 bridgehead atoms. The van der Waals surface area contributed by atoms with Crippen LogP contribution in [-0.4, -0.2) is 37.1 Å². The van der Waals surface area contributed by atoms with Crippen molar-refractivity contribution in [2.45, 2.75) is 65.0 Å². The van der Waals surface area contributed by atoms with Gasteiger partial charge in [-0.2, -0.15) is 0 Å². The third-order valence-electron chi connectivity index (χ3n) is 3.81. The number of hydrogen-bond acceptors (Lipinski definition) is 2. The monoisotopic (exact) mass is 214 g/mol. The summed E-state index contributed by atoms with van der Waals surface area (Å²) in [5.41, 5.74) is 0.323. The number of hydrogen-bond donors (Lipinski definition) is 1. The third kappa shape index (κ3) is 3.46. The van der Waals surface area contributed by atoms with Crippen LogP contribution in [0.3, 0.4) is 0 Å². The van der Waals surface area contributed by atoms with Gasteiger partial charge in [0.25, 0.3) is 0 Å². The average Bonchev–Trinajstić information content (AvgIpc) is 2.24. The first-order valence-electron chi connectivity index (χ1n) is 6.49. The largest absolute Gasteiger partial charge is 0.312 e. The minimum atomic E-state index is 0.323. The Morgan fingerprint density at radius 3 is 1.87 bits per heavy atom. The average molecular weight is 214 g/mol. The Labute approximate surface area is 96.4 Å². The van der Waals surface area contributed by atoms with Crippen LogP contribution in [0.1, 0.15) is 53.4 Å². The summed E-state index contributed by atoms with van der Waals surface area (Å²) in [6, 6.07) is 0.613. The van der Waals surface area contributed by atoms with E-state index in [9.17, 15) is 0 Å². The minimum absolute atomic E-state index is 0.323. The molecule has 15 heavy (non-hydrogen) atoms. The molecule has 1 atom stereocenters. The van der Waals surface area contributed by atoms with Crippen LogP contribution < -0.4 is 5.32 Å². The SMILES string of the molecule is CCCNC(CC)C(CC)(CC)N(C)C. The quantitative estimate of drug-likeness (QED) is 0.668. The fourth-order valence-electron chi connectivity index (χ4n) is 2.72. The predicted molar refractivity (Wildman–Crippen MR) is 69.4 cm³/mol. The van der Waals surface area contributed by atoms with Crippen LogP contribution in [0.5, 0.6) is 0 Å². The Hall–Kier alpha value is -0.0800. The fraction of sp³-hybridized carbons (Fsp3) is 1.00. The summed E-state index contributed by atoms with van der Waals surface area (Å²) in [5, 5.41) is 3.70. The highest BCUT2D eigenvalue weighted by Gasteiger charge is 2.36. The molecule has 0 radical (unpaired) electrons. The summed E-state index contributed by atoms with van der Waals surface area (Å²) < 4.78 is 0. The zero-order chi connectivity index (χ0) is 11.9. The number of nitrogens with one attached hydrogen (secondary N) is 1. The summed E-state index contributed by atoms with van der Waals surface area (Å²) in [6.07, 6.45) is 4.85. The Morgan fingerprint density at radius 2 is 1.60 bits per heavy atom. The van der Waals surface area contributed by atoms with E-state index in [2.05, 4.69) is 52.0 Å². The molecule has 1 N–H and O–H groups in total. The highest BCUT2D eigenvalue weighted by molar-refractivity contribution is 4.96. The molecule has 0 rings (SSSR count). The molecular formula is C13H30N2. The van der Waals surface area contributed by atoms with Crippen molar-refractivity contribution < 1.29 is 0 Å². The highest BCUT2D eigenvalue weighted by Crippen LogP contribution is 2.27. The predicted octanol–water partition coefficient (Wildman–Crippen LogP) is 2.89. The summed E-state index contributed by atoms with van der Waals surface area (Å²) in [4.78, 5) is 2.41. The smallest absolute Gasteiger partial charge is 0.0351 e. The van der Waals surface area contributed by atoms with Gasteiger partial charge in [0.05, 0.1) is 0 Å². The first kappa shape index (κ1) is 14.9. The Morgan fingerprint density at radius 1 is 1.07 bits per heavy atom. The van der Waals surface area contributed by atoms with Gasteiger partial charge in [-0.1, -0.05) is 27.7 Å². The first-order chi connectivity index (χ1) is 7.08. The topological polar surface area (TPSA) is 15.3 Å². The van der Waals surface area contributed by atoms with Gasteiger partial charge < -0.3 is 10.2 Å². The Bertz CT molecular complexity index is 151. The van der Waals surface area contributed by atoms with Crippen LogP contribution in [-0.2, 0) is 0 Å². The molecule has 0 spiro atoms. The Balaban J connectivity index is 4.67. The van der Waals surface area contributed by atoms with E-state index >= 15 is 0 Å². The molecule has 0 aliphatic carbocycles. The second-order valence-corrected chi connectivity index (χ2v) is 4.62. The summed E-state index contributed by atoms with van der Waals surface area (Å²) in [7, 11) is 4.42. The van der Waals surface area contributed by atoms with Crippen molar-refractivity contribution in [1.29, 1.82) is 0 Å². The lowest BCUT2D eigenvalue weighted by atomic mass is 9.82. The van der Waals surface area contributed by atoms with E-state index in [0.717, 1.165) is 6.54 Å². The van der Waals surface area contributed by atoms with Crippen molar-refractivity contribution in [1.82, 2.24) is 10.2 Å². The molecule has 0 aliphatic rings. The first-order valence-corrected chi connectivity index (χ1v) is 6.49. The third-order valence-corrected chi connectivity index (χ3v) is 3.81. The van der Waals surface area contributed by atoms with Crippen molar-refractivity contribution in [2.24, 2.45) is 0 Å². The second-order valence-electron chi connectivity index (χ2n) is 4.62. The molecule has 0 saturated carbocycles. The maximum Gasteiger partial charge on any atom is 0.0351 e. The zero-order valence-electron chi connectivity index (χ0n) is 11.6. The van der Waals surface area contributed by atoms with Crippen molar-refractivity contribution >= 4 is 0 Å². The van der Waals surface area contributed by atoms with Crippen molar-refractivity contribution in [3.05, 3.63) is 0 Å². The Kier molecular flexibility index (Phi) is 7.20. The van der Waals surface area contributed by atoms with E-state index in [1.165, 1.54) is 25.7 Å². The lowest BCUT2D eigenvalue weighted by Gasteiger charge is -2.45. The van der Waals surface area contributed by atoms with Gasteiger partial charge >= 0.3 is 0 Å². The van der Waals surface area contributed by atoms with Crippen molar-refractivity contribution in [3.8, 4) is 0 Å². The summed E-state index contributed by atoms with van der Waals surface area (Å²) >= 11 is 0. The van der Waals surface area contributed by atoms with Gasteiger partial charge in [-0.25, -0.2) is 0 Å². The van der Waals surface area contributed by atoms with E-state index in [4.69, 9.17) is 0 Å². The molecule has 2 heteroatoms. The molecule has 1 unspecified atom stereocenters. The maximum absolute atomic E-state index is 3.70. The lowest BCUT2D eigenvalue weighted by Crippen LogP contribution is -2.58. The van der Waals surface area contributed by atoms with E-state index in [1.54, 1.807) is 0 Å². The van der Waals surface area contributed by atoms with Gasteiger partial charge in [-0.3, -0.25) is 0 Å². The maximum atomic E-state index is 3.70. The molecule has 0 aromatic heterocycles. The van der Waals surface area contributed by atoms with Crippen LogP contribution in [0.2, 0.25) is 0 Å². The standard InChI is InChI=1S/C13H30N2/c1-7-11-14-12(8-2)13(9-3,10-4)15(5)6/h12,14H,7-11H2,1-6H3. The lowest BCUT2D eigenvalue weighted by molar-refractivity contribution is 0.0863. The van der Waals surface area contributed by atoms with Gasteiger partial charge in [0.15, 0.2) is 0 Å². The van der Waals surface area contributed by atoms with Crippen LogP contribution in [0, 0.1) is 0 Å². The zero-order valence-corrected chi connectivity index (χ0v) is 11.6. The van der Waals surface area contributed by atoms with Gasteiger partial charge in [-0.05, 0) is 46.3 Å². The van der Waals surface area contributed by atoms with Crippen LogP contribution in [0.25, 0.3) is 0 Å². The van der Waals surface area contributed by atoms with Gasteiger partial charge in [0.2, 0.25) is 0 Å². The minimum Gasteiger partial charge on any atom is -0.312 e. The van der Waals surface area contributed by atoms with E-state index in [-0.39, 0.29) is 0 Å². The molecule has 0 aliphatic heterocycles. The molecule has 0 heterocycles. The van der Waals surface area contributed by atoms with E-state index in [1.807, 2.05) is 0 Å². The normalized spacial score (nSPS) is 14.6. The summed E-state index contributed by atoms with van der Waals surface area (Å²) in [5.74, 6) is 0. The van der Waals surface area contributed by atoms with Crippen molar-refractivity contribution in [3.63, 3.8) is 0 Å². The molecule has 0 aromatic carbocycles. The van der Waals surface area contributed by atoms with Crippen LogP contribution in [0.15, 0.2) is 0 Å². The number of nitrogens with zero attached hydrogens (tertiary/aromatic N) is 1. The van der Waals surface area contributed by atoms with Gasteiger partial charge in [0, 0.05) is 11.6 Å². The molecule has 0 fully saturated rings. The number of likely N-dealkylation sites (N-methyl/N-ethyl adjacent to an activating group) is 1. The number of rotatable bonds is 8. The van der Waals surface area contributed by atoms with E-state index in [0.29, 0.717) is 11.6 Å². The molecule has 2 nitrogen and oxygen atoms in total. The van der Waals surface area contributed by atoms with Crippen LogP contribution in [0.4, 0.5) is 0 Å². The highest BCUT2D eigenvalue weighted by atomic mass is 15.2. The second kappa shape index (κ2) is 7.24. The van der Waals surface area contributed by atoms with Crippen molar-refractivity contribution in [2.75, 3.05) is 20.6 Å². The van der Waals surface area contributed by atoms with Gasteiger partial charge in [-0.15, -0.1) is 0 Å². The molecule has 92 valence electrons. The van der Waals surface area contributed by atoms with E-state index < -0.39 is 0 Å². The molecule has 0 aromatic rings. The molecular weight excluding hydrogens is 184 g/mol. The molecule has 0 amide bonds. The molecule has 0 saturated heterocycles. The summed E-state index contributed by atoms with van der Waals surface area (Å²) in [6.45, 7) is 10.3.